The summed E-state index contributed by atoms with van der Waals surface area (Å²) in [6, 6.07) is 7.49. The summed E-state index contributed by atoms with van der Waals surface area (Å²) in [5, 5.41) is 3.43. The lowest BCUT2D eigenvalue weighted by Crippen LogP contribution is -2.07. The summed E-state index contributed by atoms with van der Waals surface area (Å²) >= 11 is 0. The predicted molar refractivity (Wildman–Crippen MR) is 101 cm³/mol. The van der Waals surface area contributed by atoms with Gasteiger partial charge in [-0.15, -0.1) is 0 Å². The number of nitrogens with one attached hydrogen (secondary N) is 1. The predicted octanol–water partition coefficient (Wildman–Crippen LogP) is 4.91. The number of allylic oxidation sites excluding steroid dienone is 1. The fourth-order valence-corrected chi connectivity index (χ4v) is 3.09. The van der Waals surface area contributed by atoms with E-state index in [0.717, 1.165) is 18.7 Å². The maximum atomic E-state index is 12.0. The highest BCUT2D eigenvalue weighted by Gasteiger charge is 2.09. The Balaban J connectivity index is 1.76. The smallest absolute Gasteiger partial charge is 0.305 e. The molecular formula is C21H29NO3. The molecule has 0 saturated heterocycles. The zero-order valence-corrected chi connectivity index (χ0v) is 15.2. The number of methoxy groups -OCH3 is 1. The molecule has 1 aliphatic rings. The van der Waals surface area contributed by atoms with E-state index in [1.165, 1.54) is 45.6 Å². The number of Topliss-reactive ketones (excluding diaryl/α,β-unsaturated/α-hetero) is 1. The van der Waals surface area contributed by atoms with E-state index in [4.69, 9.17) is 0 Å². The van der Waals surface area contributed by atoms with E-state index < -0.39 is 0 Å². The zero-order valence-electron chi connectivity index (χ0n) is 15.2. The van der Waals surface area contributed by atoms with Gasteiger partial charge in [-0.1, -0.05) is 24.5 Å². The highest BCUT2D eigenvalue weighted by molar-refractivity contribution is 5.97. The number of esters is 1. The highest BCUT2D eigenvalue weighted by atomic mass is 16.5. The van der Waals surface area contributed by atoms with Gasteiger partial charge in [0.2, 0.25) is 0 Å². The molecule has 0 saturated carbocycles. The quantitative estimate of drug-likeness (QED) is 0.414. The van der Waals surface area contributed by atoms with Crippen LogP contribution in [0.4, 0.5) is 5.69 Å². The Bertz CT molecular complexity index is 590. The van der Waals surface area contributed by atoms with Gasteiger partial charge in [0, 0.05) is 24.2 Å². The van der Waals surface area contributed by atoms with Crippen molar-refractivity contribution in [1.29, 1.82) is 0 Å². The molecule has 0 radical (unpaired) electrons. The molecule has 0 bridgehead atoms. The van der Waals surface area contributed by atoms with E-state index in [-0.39, 0.29) is 24.6 Å². The van der Waals surface area contributed by atoms with Crippen LogP contribution in [0, 0.1) is 0 Å². The van der Waals surface area contributed by atoms with Crippen LogP contribution in [0.25, 0.3) is 0 Å². The average molecular weight is 343 g/mol. The van der Waals surface area contributed by atoms with Crippen molar-refractivity contribution >= 4 is 17.4 Å². The molecule has 1 aromatic carbocycles. The van der Waals surface area contributed by atoms with Crippen LogP contribution < -0.4 is 5.32 Å². The minimum absolute atomic E-state index is 0.0309. The zero-order chi connectivity index (χ0) is 17.9. The summed E-state index contributed by atoms with van der Waals surface area (Å²) in [6.45, 7) is 0.918. The van der Waals surface area contributed by atoms with E-state index in [2.05, 4.69) is 16.1 Å². The van der Waals surface area contributed by atoms with E-state index in [1.807, 2.05) is 24.3 Å². The number of carbonyl (C=O) groups excluding carboxylic acids is 2. The lowest BCUT2D eigenvalue weighted by molar-refractivity contribution is -0.140. The van der Waals surface area contributed by atoms with Crippen molar-refractivity contribution in [3.05, 3.63) is 41.5 Å². The normalized spacial score (nSPS) is 14.8. The van der Waals surface area contributed by atoms with Gasteiger partial charge in [0.05, 0.1) is 13.5 Å². The lowest BCUT2D eigenvalue weighted by atomic mass is 9.98. The van der Waals surface area contributed by atoms with Crippen molar-refractivity contribution in [3.8, 4) is 0 Å². The number of ether oxygens (including phenoxy) is 1. The van der Waals surface area contributed by atoms with Crippen LogP contribution in [0.2, 0.25) is 0 Å². The van der Waals surface area contributed by atoms with Crippen LogP contribution in [-0.4, -0.2) is 25.4 Å². The number of anilines is 1. The van der Waals surface area contributed by atoms with Crippen LogP contribution in [0.1, 0.15) is 68.1 Å². The molecule has 4 heteroatoms. The third-order valence-electron chi connectivity index (χ3n) is 4.65. The molecule has 1 N–H and O–H groups in total. The second-order valence-electron chi connectivity index (χ2n) is 6.57. The van der Waals surface area contributed by atoms with Gasteiger partial charge >= 0.3 is 5.97 Å². The summed E-state index contributed by atoms with van der Waals surface area (Å²) in [6.07, 6.45) is 11.6. The van der Waals surface area contributed by atoms with Crippen LogP contribution in [0.5, 0.6) is 0 Å². The molecule has 0 amide bonds. The maximum Gasteiger partial charge on any atom is 0.305 e. The number of rotatable bonds is 8. The molecule has 136 valence electrons. The minimum Gasteiger partial charge on any atom is -0.469 e. The summed E-state index contributed by atoms with van der Waals surface area (Å²) in [5.41, 5.74) is 3.23. The summed E-state index contributed by atoms with van der Waals surface area (Å²) in [7, 11) is 1.33. The van der Waals surface area contributed by atoms with Crippen LogP contribution >= 0.6 is 0 Å². The largest absolute Gasteiger partial charge is 0.469 e. The van der Waals surface area contributed by atoms with Gasteiger partial charge in [-0.3, -0.25) is 9.59 Å². The van der Waals surface area contributed by atoms with Crippen molar-refractivity contribution in [2.45, 2.75) is 57.8 Å². The minimum atomic E-state index is -0.352. The number of hydrogen-bond donors (Lipinski definition) is 1. The molecule has 1 aliphatic carbocycles. The molecule has 0 aromatic heterocycles. The van der Waals surface area contributed by atoms with Crippen LogP contribution in [0.3, 0.4) is 0 Å². The molecule has 0 atom stereocenters. The molecule has 0 heterocycles. The highest BCUT2D eigenvalue weighted by Crippen LogP contribution is 2.20. The Morgan fingerprint density at radius 2 is 1.80 bits per heavy atom. The first kappa shape index (κ1) is 19.2. The number of benzene rings is 1. The fourth-order valence-electron chi connectivity index (χ4n) is 3.09. The molecule has 2 rings (SSSR count). The standard InChI is InChI=1S/C21H29NO3/c1-25-21(24)14-13-20(23)18-9-11-19(12-10-18)22-16-15-17-7-5-3-2-4-6-8-17/h7,9-12,22H,2-6,8,13-16H2,1H3. The van der Waals surface area contributed by atoms with Gasteiger partial charge in [-0.25, -0.2) is 0 Å². The molecule has 0 fully saturated rings. The molecule has 25 heavy (non-hydrogen) atoms. The van der Waals surface area contributed by atoms with Crippen molar-refractivity contribution < 1.29 is 14.3 Å². The third kappa shape index (κ3) is 7.12. The SMILES string of the molecule is COC(=O)CCC(=O)c1ccc(NCCC2=CCCCCCC2)cc1. The number of ketones is 1. The van der Waals surface area contributed by atoms with E-state index >= 15 is 0 Å². The summed E-state index contributed by atoms with van der Waals surface area (Å²) in [5.74, 6) is -0.383. The van der Waals surface area contributed by atoms with Crippen molar-refractivity contribution in [1.82, 2.24) is 0 Å². The second-order valence-corrected chi connectivity index (χ2v) is 6.57. The van der Waals surface area contributed by atoms with Crippen LogP contribution in [0.15, 0.2) is 35.9 Å². The van der Waals surface area contributed by atoms with Gasteiger partial charge < -0.3 is 10.1 Å². The number of carbonyl (C=O) groups is 2. The van der Waals surface area contributed by atoms with Gasteiger partial charge in [-0.05, 0) is 56.4 Å². The van der Waals surface area contributed by atoms with Crippen molar-refractivity contribution in [2.24, 2.45) is 0 Å². The van der Waals surface area contributed by atoms with Crippen molar-refractivity contribution in [3.63, 3.8) is 0 Å². The fraction of sp³-hybridized carbons (Fsp3) is 0.524. The van der Waals surface area contributed by atoms with Gasteiger partial charge in [0.1, 0.15) is 0 Å². The molecule has 1 aromatic rings. The molecule has 0 aliphatic heterocycles. The Kier molecular flexibility index (Phi) is 8.23. The first-order valence-electron chi connectivity index (χ1n) is 9.31. The van der Waals surface area contributed by atoms with Crippen molar-refractivity contribution in [2.75, 3.05) is 19.0 Å². The summed E-state index contributed by atoms with van der Waals surface area (Å²) in [4.78, 5) is 23.1. The monoisotopic (exact) mass is 343 g/mol. The Morgan fingerprint density at radius 1 is 1.04 bits per heavy atom. The Hall–Kier alpha value is -2.10. The van der Waals surface area contributed by atoms with E-state index in [0.29, 0.717) is 5.56 Å². The van der Waals surface area contributed by atoms with Gasteiger partial charge in [0.15, 0.2) is 5.78 Å². The van der Waals surface area contributed by atoms with E-state index in [1.54, 1.807) is 5.57 Å². The third-order valence-corrected chi connectivity index (χ3v) is 4.65. The first-order chi connectivity index (χ1) is 12.2. The Labute approximate surface area is 150 Å². The molecule has 0 spiro atoms. The Morgan fingerprint density at radius 3 is 2.56 bits per heavy atom. The van der Waals surface area contributed by atoms with Crippen LogP contribution in [-0.2, 0) is 9.53 Å². The van der Waals surface area contributed by atoms with Gasteiger partial charge in [-0.2, -0.15) is 0 Å². The van der Waals surface area contributed by atoms with Gasteiger partial charge in [0.25, 0.3) is 0 Å². The summed E-state index contributed by atoms with van der Waals surface area (Å²) < 4.78 is 4.56. The number of hydrogen-bond acceptors (Lipinski definition) is 4. The van der Waals surface area contributed by atoms with E-state index in [9.17, 15) is 9.59 Å². The maximum absolute atomic E-state index is 12.0. The topological polar surface area (TPSA) is 55.4 Å². The molecular weight excluding hydrogens is 314 g/mol. The molecule has 0 unspecified atom stereocenters. The first-order valence-corrected chi connectivity index (χ1v) is 9.31. The second kappa shape index (κ2) is 10.7. The molecule has 4 nitrogen and oxygen atoms in total. The average Bonchev–Trinajstić information content (AvgIpc) is 2.61. The lowest BCUT2D eigenvalue weighted by Gasteiger charge is -2.12.